The van der Waals surface area contributed by atoms with E-state index in [0.29, 0.717) is 13.2 Å². The molecule has 0 saturated carbocycles. The van der Waals surface area contributed by atoms with E-state index in [1.165, 1.54) is 0 Å². The summed E-state index contributed by atoms with van der Waals surface area (Å²) < 4.78 is 5.67. The number of nitrogens with two attached hydrogens (primary N) is 1. The van der Waals surface area contributed by atoms with Crippen LogP contribution in [0.3, 0.4) is 0 Å². The Balaban J connectivity index is 1.82. The predicted octanol–water partition coefficient (Wildman–Crippen LogP) is 1.79. The molecule has 0 spiro atoms. The average Bonchev–Trinajstić information content (AvgIpc) is 3.06. The summed E-state index contributed by atoms with van der Waals surface area (Å²) >= 11 is 0. The van der Waals surface area contributed by atoms with Gasteiger partial charge in [-0.1, -0.05) is 30.3 Å². The second-order valence-corrected chi connectivity index (χ2v) is 5.66. The fourth-order valence-corrected chi connectivity index (χ4v) is 3.09. The van der Waals surface area contributed by atoms with E-state index < -0.39 is 0 Å². The highest BCUT2D eigenvalue weighted by Gasteiger charge is 2.23. The Labute approximate surface area is 134 Å². The SMILES string of the molecule is NCC1CN(c2ncnc3[nH]cc(-c4ccccc4)c23)CCO1. The lowest BCUT2D eigenvalue weighted by Crippen LogP contribution is -2.46. The molecule has 1 aromatic carbocycles. The molecule has 1 unspecified atom stereocenters. The van der Waals surface area contributed by atoms with Gasteiger partial charge in [0.05, 0.1) is 18.1 Å². The lowest BCUT2D eigenvalue weighted by molar-refractivity contribution is 0.0464. The van der Waals surface area contributed by atoms with Crippen LogP contribution in [0.5, 0.6) is 0 Å². The second-order valence-electron chi connectivity index (χ2n) is 5.66. The third-order valence-electron chi connectivity index (χ3n) is 4.24. The molecule has 6 nitrogen and oxygen atoms in total. The molecule has 3 heterocycles. The molecule has 1 saturated heterocycles. The van der Waals surface area contributed by atoms with E-state index in [4.69, 9.17) is 10.5 Å². The molecule has 2 aromatic heterocycles. The number of aromatic nitrogens is 3. The molecule has 1 aliphatic rings. The Kier molecular flexibility index (Phi) is 3.69. The minimum absolute atomic E-state index is 0.0490. The normalized spacial score (nSPS) is 18.5. The molecule has 0 amide bonds. The van der Waals surface area contributed by atoms with Crippen molar-refractivity contribution in [3.8, 4) is 11.1 Å². The molecular weight excluding hydrogens is 290 g/mol. The summed E-state index contributed by atoms with van der Waals surface area (Å²) in [5.41, 5.74) is 8.89. The van der Waals surface area contributed by atoms with Crippen molar-refractivity contribution in [2.45, 2.75) is 6.10 Å². The first-order chi connectivity index (χ1) is 11.4. The largest absolute Gasteiger partial charge is 0.373 e. The zero-order chi connectivity index (χ0) is 15.6. The topological polar surface area (TPSA) is 80.1 Å². The van der Waals surface area contributed by atoms with Crippen LogP contribution in [-0.2, 0) is 4.74 Å². The van der Waals surface area contributed by atoms with Gasteiger partial charge in [0.1, 0.15) is 17.8 Å². The predicted molar refractivity (Wildman–Crippen MR) is 90.3 cm³/mol. The highest BCUT2D eigenvalue weighted by molar-refractivity contribution is 6.01. The quantitative estimate of drug-likeness (QED) is 0.771. The number of nitrogens with one attached hydrogen (secondary N) is 1. The molecule has 3 aromatic rings. The minimum Gasteiger partial charge on any atom is -0.373 e. The van der Waals surface area contributed by atoms with E-state index in [1.54, 1.807) is 6.33 Å². The molecule has 4 rings (SSSR count). The van der Waals surface area contributed by atoms with Gasteiger partial charge in [0.2, 0.25) is 0 Å². The van der Waals surface area contributed by atoms with Crippen molar-refractivity contribution in [1.82, 2.24) is 15.0 Å². The van der Waals surface area contributed by atoms with Crippen molar-refractivity contribution in [2.75, 3.05) is 31.1 Å². The Hall–Kier alpha value is -2.44. The standard InChI is InChI=1S/C17H19N5O/c18-8-13-10-22(6-7-23-13)17-15-14(12-4-2-1-3-5-12)9-19-16(15)20-11-21-17/h1-5,9,11,13H,6-8,10,18H2,(H,19,20,21). The van der Waals surface area contributed by atoms with Crippen LogP contribution in [-0.4, -0.2) is 47.3 Å². The van der Waals surface area contributed by atoms with Crippen molar-refractivity contribution >= 4 is 16.9 Å². The third-order valence-corrected chi connectivity index (χ3v) is 4.24. The van der Waals surface area contributed by atoms with Crippen molar-refractivity contribution in [3.05, 3.63) is 42.9 Å². The number of hydrogen-bond acceptors (Lipinski definition) is 5. The van der Waals surface area contributed by atoms with Crippen LogP contribution in [0.4, 0.5) is 5.82 Å². The smallest absolute Gasteiger partial charge is 0.143 e. The molecular formula is C17H19N5O. The Morgan fingerprint density at radius 3 is 2.96 bits per heavy atom. The first kappa shape index (κ1) is 14.2. The van der Waals surface area contributed by atoms with Crippen LogP contribution in [0, 0.1) is 0 Å². The van der Waals surface area contributed by atoms with Crippen molar-refractivity contribution in [2.24, 2.45) is 5.73 Å². The third kappa shape index (κ3) is 2.56. The molecule has 6 heteroatoms. The van der Waals surface area contributed by atoms with Crippen molar-refractivity contribution < 1.29 is 4.74 Å². The van der Waals surface area contributed by atoms with E-state index in [-0.39, 0.29) is 6.10 Å². The summed E-state index contributed by atoms with van der Waals surface area (Å²) in [6.07, 6.45) is 3.66. The number of H-pyrrole nitrogens is 1. The first-order valence-corrected chi connectivity index (χ1v) is 7.81. The molecule has 0 aliphatic carbocycles. The Morgan fingerprint density at radius 2 is 2.13 bits per heavy atom. The molecule has 3 N–H and O–H groups in total. The van der Waals surface area contributed by atoms with E-state index in [9.17, 15) is 0 Å². The average molecular weight is 309 g/mol. The van der Waals surface area contributed by atoms with Crippen LogP contribution in [0.25, 0.3) is 22.2 Å². The van der Waals surface area contributed by atoms with E-state index >= 15 is 0 Å². The van der Waals surface area contributed by atoms with E-state index in [1.807, 2.05) is 24.4 Å². The summed E-state index contributed by atoms with van der Waals surface area (Å²) in [7, 11) is 0. The zero-order valence-corrected chi connectivity index (χ0v) is 12.8. The van der Waals surface area contributed by atoms with Crippen molar-refractivity contribution in [3.63, 3.8) is 0 Å². The lowest BCUT2D eigenvalue weighted by atomic mass is 10.1. The van der Waals surface area contributed by atoms with Crippen LogP contribution in [0.2, 0.25) is 0 Å². The highest BCUT2D eigenvalue weighted by Crippen LogP contribution is 2.33. The van der Waals surface area contributed by atoms with Crippen LogP contribution < -0.4 is 10.6 Å². The van der Waals surface area contributed by atoms with Gasteiger partial charge < -0.3 is 20.4 Å². The number of fused-ring (bicyclic) bond motifs is 1. The number of rotatable bonds is 3. The molecule has 118 valence electrons. The zero-order valence-electron chi connectivity index (χ0n) is 12.8. The summed E-state index contributed by atoms with van der Waals surface area (Å²) in [6.45, 7) is 2.74. The maximum Gasteiger partial charge on any atom is 0.143 e. The summed E-state index contributed by atoms with van der Waals surface area (Å²) in [5.74, 6) is 0.942. The van der Waals surface area contributed by atoms with Crippen LogP contribution >= 0.6 is 0 Å². The number of aromatic amines is 1. The number of hydrogen-bond donors (Lipinski definition) is 2. The van der Waals surface area contributed by atoms with Crippen LogP contribution in [0.1, 0.15) is 0 Å². The van der Waals surface area contributed by atoms with Gasteiger partial charge >= 0.3 is 0 Å². The summed E-state index contributed by atoms with van der Waals surface area (Å²) in [4.78, 5) is 14.4. The molecule has 1 atom stereocenters. The lowest BCUT2D eigenvalue weighted by Gasteiger charge is -2.33. The van der Waals surface area contributed by atoms with E-state index in [2.05, 4.69) is 32.0 Å². The summed E-state index contributed by atoms with van der Waals surface area (Å²) in [5, 5.41) is 1.05. The molecule has 23 heavy (non-hydrogen) atoms. The van der Waals surface area contributed by atoms with Gasteiger partial charge in [0.25, 0.3) is 0 Å². The highest BCUT2D eigenvalue weighted by atomic mass is 16.5. The number of anilines is 1. The molecule has 0 radical (unpaired) electrons. The van der Waals surface area contributed by atoms with Gasteiger partial charge in [0.15, 0.2) is 0 Å². The maximum atomic E-state index is 5.77. The van der Waals surface area contributed by atoms with Crippen molar-refractivity contribution in [1.29, 1.82) is 0 Å². The summed E-state index contributed by atoms with van der Waals surface area (Å²) in [6, 6.07) is 10.3. The van der Waals surface area contributed by atoms with Gasteiger partial charge in [0, 0.05) is 31.4 Å². The fraction of sp³-hybridized carbons (Fsp3) is 0.294. The maximum absolute atomic E-state index is 5.77. The molecule has 1 fully saturated rings. The monoisotopic (exact) mass is 309 g/mol. The Morgan fingerprint density at radius 1 is 1.26 bits per heavy atom. The van der Waals surface area contributed by atoms with Gasteiger partial charge in [-0.25, -0.2) is 9.97 Å². The number of benzene rings is 1. The second kappa shape index (κ2) is 5.98. The van der Waals surface area contributed by atoms with Gasteiger partial charge in [-0.2, -0.15) is 0 Å². The molecule has 1 aliphatic heterocycles. The van der Waals surface area contributed by atoms with Crippen LogP contribution in [0.15, 0.2) is 42.9 Å². The van der Waals surface area contributed by atoms with E-state index in [0.717, 1.165) is 41.1 Å². The fourth-order valence-electron chi connectivity index (χ4n) is 3.09. The number of ether oxygens (including phenoxy) is 1. The number of morpholine rings is 1. The Bertz CT molecular complexity index is 801. The van der Waals surface area contributed by atoms with Gasteiger partial charge in [-0.3, -0.25) is 0 Å². The minimum atomic E-state index is 0.0490. The van der Waals surface area contributed by atoms with Gasteiger partial charge in [-0.15, -0.1) is 0 Å². The van der Waals surface area contributed by atoms with Gasteiger partial charge in [-0.05, 0) is 5.56 Å². The molecule has 0 bridgehead atoms. The first-order valence-electron chi connectivity index (χ1n) is 7.81. The number of nitrogens with zero attached hydrogens (tertiary/aromatic N) is 3.